The zero-order chi connectivity index (χ0) is 19.3. The van der Waals surface area contributed by atoms with E-state index in [1.54, 1.807) is 25.1 Å². The van der Waals surface area contributed by atoms with Crippen molar-refractivity contribution in [1.82, 2.24) is 10.2 Å². The summed E-state index contributed by atoms with van der Waals surface area (Å²) in [4.78, 5) is 14.7. The summed E-state index contributed by atoms with van der Waals surface area (Å²) in [6.45, 7) is 1.86. The number of amides is 1. The molecule has 5 nitrogen and oxygen atoms in total. The van der Waals surface area contributed by atoms with Crippen LogP contribution in [0.5, 0.6) is 0 Å². The Kier molecular flexibility index (Phi) is 6.81. The second-order valence-electron chi connectivity index (χ2n) is 6.11. The number of nitrogens with one attached hydrogen (secondary N) is 1. The van der Waals surface area contributed by atoms with Gasteiger partial charge in [-0.15, -0.1) is 0 Å². The van der Waals surface area contributed by atoms with Gasteiger partial charge < -0.3 is 10.2 Å². The summed E-state index contributed by atoms with van der Waals surface area (Å²) in [5, 5.41) is 3.46. The Labute approximate surface area is 159 Å². The van der Waals surface area contributed by atoms with Crippen LogP contribution in [0.25, 0.3) is 0 Å². The van der Waals surface area contributed by atoms with Crippen molar-refractivity contribution in [3.8, 4) is 0 Å². The Morgan fingerprint density at radius 2 is 1.73 bits per heavy atom. The molecule has 0 heterocycles. The monoisotopic (exact) mass is 394 g/mol. The van der Waals surface area contributed by atoms with E-state index in [1.165, 1.54) is 12.1 Å². The number of likely N-dealkylation sites (N-methyl/N-ethyl adjacent to an activating group) is 1. The number of rotatable bonds is 7. The van der Waals surface area contributed by atoms with E-state index in [0.29, 0.717) is 11.6 Å². The summed E-state index contributed by atoms with van der Waals surface area (Å²) < 4.78 is 24.5. The lowest BCUT2D eigenvalue weighted by Gasteiger charge is -2.26. The van der Waals surface area contributed by atoms with Gasteiger partial charge in [0.2, 0.25) is 0 Å². The molecule has 2 aromatic rings. The standard InChI is InChI=1S/C19H23ClN2O3S/c1-4-26(24,25)18-12-8-6-10-15(18)19(23)21-13-17(22(2)3)14-9-5-7-11-16(14)20/h5-12,17H,4,13H2,1-3H3,(H,21,23)/t17-/m1/s1. The molecule has 0 bridgehead atoms. The van der Waals surface area contributed by atoms with Crippen LogP contribution in [-0.2, 0) is 9.84 Å². The Balaban J connectivity index is 2.24. The first-order chi connectivity index (χ1) is 12.3. The van der Waals surface area contributed by atoms with Gasteiger partial charge in [0, 0.05) is 11.6 Å². The van der Waals surface area contributed by atoms with Gasteiger partial charge in [-0.05, 0) is 37.9 Å². The van der Waals surface area contributed by atoms with Crippen molar-refractivity contribution in [3.05, 3.63) is 64.7 Å². The zero-order valence-corrected chi connectivity index (χ0v) is 16.6. The van der Waals surface area contributed by atoms with E-state index < -0.39 is 15.7 Å². The molecule has 0 aliphatic carbocycles. The van der Waals surface area contributed by atoms with Crippen LogP contribution in [0.2, 0.25) is 5.02 Å². The van der Waals surface area contributed by atoms with Crippen molar-refractivity contribution in [2.45, 2.75) is 17.9 Å². The molecule has 1 atom stereocenters. The van der Waals surface area contributed by atoms with E-state index in [2.05, 4.69) is 5.32 Å². The number of carbonyl (C=O) groups is 1. The molecule has 0 saturated carbocycles. The molecule has 26 heavy (non-hydrogen) atoms. The van der Waals surface area contributed by atoms with E-state index in [1.807, 2.05) is 37.2 Å². The molecule has 0 spiro atoms. The highest BCUT2D eigenvalue weighted by molar-refractivity contribution is 7.91. The normalized spacial score (nSPS) is 12.8. The van der Waals surface area contributed by atoms with Gasteiger partial charge in [0.1, 0.15) is 0 Å². The Hall–Kier alpha value is -1.89. The van der Waals surface area contributed by atoms with Gasteiger partial charge in [0.15, 0.2) is 9.84 Å². The lowest BCUT2D eigenvalue weighted by Crippen LogP contribution is -2.35. The molecule has 0 aliphatic rings. The molecule has 7 heteroatoms. The first-order valence-corrected chi connectivity index (χ1v) is 10.3. The molecule has 2 rings (SSSR count). The number of sulfone groups is 1. The molecular weight excluding hydrogens is 372 g/mol. The quantitative estimate of drug-likeness (QED) is 0.783. The van der Waals surface area contributed by atoms with Gasteiger partial charge in [-0.25, -0.2) is 8.42 Å². The van der Waals surface area contributed by atoms with Gasteiger partial charge in [0.05, 0.1) is 22.3 Å². The third-order valence-corrected chi connectivity index (χ3v) is 6.32. The topological polar surface area (TPSA) is 66.5 Å². The van der Waals surface area contributed by atoms with E-state index in [4.69, 9.17) is 11.6 Å². The highest BCUT2D eigenvalue weighted by atomic mass is 35.5. The van der Waals surface area contributed by atoms with E-state index in [-0.39, 0.29) is 22.3 Å². The van der Waals surface area contributed by atoms with Crippen LogP contribution < -0.4 is 5.32 Å². The zero-order valence-electron chi connectivity index (χ0n) is 15.1. The van der Waals surface area contributed by atoms with Gasteiger partial charge in [0.25, 0.3) is 5.91 Å². The SMILES string of the molecule is CCS(=O)(=O)c1ccccc1C(=O)NC[C@H](c1ccccc1Cl)N(C)C. The van der Waals surface area contributed by atoms with Crippen LogP contribution in [0.3, 0.4) is 0 Å². The number of halogens is 1. The molecule has 0 radical (unpaired) electrons. The number of carbonyl (C=O) groups excluding carboxylic acids is 1. The van der Waals surface area contributed by atoms with Crippen LogP contribution in [0.1, 0.15) is 28.9 Å². The molecule has 2 aromatic carbocycles. The molecule has 140 valence electrons. The van der Waals surface area contributed by atoms with Crippen molar-refractivity contribution in [2.24, 2.45) is 0 Å². The maximum atomic E-state index is 12.6. The highest BCUT2D eigenvalue weighted by Crippen LogP contribution is 2.25. The van der Waals surface area contributed by atoms with Gasteiger partial charge >= 0.3 is 0 Å². The molecule has 1 N–H and O–H groups in total. The minimum absolute atomic E-state index is 0.0548. The summed E-state index contributed by atoms with van der Waals surface area (Å²) >= 11 is 6.28. The third-order valence-electron chi connectivity index (χ3n) is 4.19. The van der Waals surface area contributed by atoms with Crippen LogP contribution in [0.15, 0.2) is 53.4 Å². The summed E-state index contributed by atoms with van der Waals surface area (Å²) in [6, 6.07) is 13.6. The number of benzene rings is 2. The fourth-order valence-electron chi connectivity index (χ4n) is 2.68. The number of hydrogen-bond acceptors (Lipinski definition) is 4. The van der Waals surface area contributed by atoms with E-state index >= 15 is 0 Å². The number of hydrogen-bond donors (Lipinski definition) is 1. The molecule has 0 fully saturated rings. The molecule has 0 saturated heterocycles. The molecular formula is C19H23ClN2O3S. The summed E-state index contributed by atoms with van der Waals surface area (Å²) in [7, 11) is 0.317. The van der Waals surface area contributed by atoms with Crippen LogP contribution in [-0.4, -0.2) is 45.6 Å². The first-order valence-electron chi connectivity index (χ1n) is 8.28. The Morgan fingerprint density at radius 3 is 2.35 bits per heavy atom. The second-order valence-corrected chi connectivity index (χ2v) is 8.76. The fraction of sp³-hybridized carbons (Fsp3) is 0.316. The minimum atomic E-state index is -3.48. The average molecular weight is 395 g/mol. The molecule has 0 unspecified atom stereocenters. The van der Waals surface area contributed by atoms with Crippen molar-refractivity contribution >= 4 is 27.3 Å². The van der Waals surface area contributed by atoms with Crippen LogP contribution in [0, 0.1) is 0 Å². The predicted molar refractivity (Wildman–Crippen MR) is 104 cm³/mol. The fourth-order valence-corrected chi connectivity index (χ4v) is 4.04. The van der Waals surface area contributed by atoms with Crippen LogP contribution in [0.4, 0.5) is 0 Å². The first kappa shape index (κ1) is 20.4. The van der Waals surface area contributed by atoms with E-state index in [9.17, 15) is 13.2 Å². The van der Waals surface area contributed by atoms with Crippen molar-refractivity contribution in [1.29, 1.82) is 0 Å². The lowest BCUT2D eigenvalue weighted by atomic mass is 10.1. The maximum Gasteiger partial charge on any atom is 0.252 e. The van der Waals surface area contributed by atoms with Gasteiger partial charge in [-0.2, -0.15) is 0 Å². The summed E-state index contributed by atoms with van der Waals surface area (Å²) in [5.74, 6) is -0.478. The predicted octanol–water partition coefficient (Wildman–Crippen LogP) is 3.17. The van der Waals surface area contributed by atoms with Crippen LogP contribution >= 0.6 is 11.6 Å². The summed E-state index contributed by atoms with van der Waals surface area (Å²) in [5.41, 5.74) is 1.06. The Morgan fingerprint density at radius 1 is 1.12 bits per heavy atom. The van der Waals surface area contributed by atoms with E-state index in [0.717, 1.165) is 5.56 Å². The molecule has 0 aliphatic heterocycles. The summed E-state index contributed by atoms with van der Waals surface area (Å²) in [6.07, 6.45) is 0. The maximum absolute atomic E-state index is 12.6. The van der Waals surface area contributed by atoms with Gasteiger partial charge in [-0.3, -0.25) is 4.79 Å². The highest BCUT2D eigenvalue weighted by Gasteiger charge is 2.22. The Bertz CT molecular complexity index is 882. The largest absolute Gasteiger partial charge is 0.350 e. The van der Waals surface area contributed by atoms with Crippen molar-refractivity contribution in [3.63, 3.8) is 0 Å². The van der Waals surface area contributed by atoms with Crippen molar-refractivity contribution in [2.75, 3.05) is 26.4 Å². The lowest BCUT2D eigenvalue weighted by molar-refractivity contribution is 0.0938. The molecule has 1 amide bonds. The molecule has 0 aromatic heterocycles. The van der Waals surface area contributed by atoms with Gasteiger partial charge in [-0.1, -0.05) is 48.9 Å². The van der Waals surface area contributed by atoms with Crippen molar-refractivity contribution < 1.29 is 13.2 Å². The third kappa shape index (κ3) is 4.63. The second kappa shape index (κ2) is 8.66. The average Bonchev–Trinajstić information content (AvgIpc) is 2.63. The number of nitrogens with zero attached hydrogens (tertiary/aromatic N) is 1. The minimum Gasteiger partial charge on any atom is -0.350 e. The smallest absolute Gasteiger partial charge is 0.252 e.